The van der Waals surface area contributed by atoms with E-state index in [9.17, 15) is 18.0 Å². The summed E-state index contributed by atoms with van der Waals surface area (Å²) in [4.78, 5) is 24.4. The highest BCUT2D eigenvalue weighted by atomic mass is 32.2. The molecule has 0 saturated heterocycles. The van der Waals surface area contributed by atoms with Gasteiger partial charge in [0.15, 0.2) is 12.4 Å². The average Bonchev–Trinajstić information content (AvgIpc) is 3.25. The standard InChI is InChI=1S/C21H20N2O5S/c1-22(29(2,26)27)18-9-5-16(6-10-18)20(24)15-28-21(25)17-7-11-19(12-8-17)23-13-3-4-14-23/h3-14H,15H2,1-2H3. The summed E-state index contributed by atoms with van der Waals surface area (Å²) in [6, 6.07) is 16.7. The van der Waals surface area contributed by atoms with E-state index in [0.717, 1.165) is 16.2 Å². The van der Waals surface area contributed by atoms with Crippen molar-refractivity contribution in [3.8, 4) is 5.69 Å². The Labute approximate surface area is 169 Å². The van der Waals surface area contributed by atoms with Crippen molar-refractivity contribution < 1.29 is 22.7 Å². The number of hydrogen-bond donors (Lipinski definition) is 0. The van der Waals surface area contributed by atoms with E-state index in [1.807, 2.05) is 29.1 Å². The van der Waals surface area contributed by atoms with Gasteiger partial charge in [-0.25, -0.2) is 13.2 Å². The summed E-state index contributed by atoms with van der Waals surface area (Å²) in [5.41, 5.74) is 2.01. The van der Waals surface area contributed by atoms with Gasteiger partial charge in [0.2, 0.25) is 10.0 Å². The Bertz CT molecular complexity index is 1100. The summed E-state index contributed by atoms with van der Waals surface area (Å²) < 4.78 is 31.2. The highest BCUT2D eigenvalue weighted by molar-refractivity contribution is 7.92. The smallest absolute Gasteiger partial charge is 0.338 e. The number of carbonyl (C=O) groups excluding carboxylic acids is 2. The Morgan fingerprint density at radius 2 is 1.48 bits per heavy atom. The minimum absolute atomic E-state index is 0.325. The lowest BCUT2D eigenvalue weighted by atomic mass is 10.1. The van der Waals surface area contributed by atoms with Crippen LogP contribution in [0.25, 0.3) is 5.69 Å². The van der Waals surface area contributed by atoms with Crippen LogP contribution in [0.4, 0.5) is 5.69 Å². The van der Waals surface area contributed by atoms with Gasteiger partial charge in [0.1, 0.15) is 0 Å². The Kier molecular flexibility index (Phi) is 5.84. The quantitative estimate of drug-likeness (QED) is 0.440. The Balaban J connectivity index is 1.59. The first-order valence-corrected chi connectivity index (χ1v) is 10.6. The predicted octanol–water partition coefficient (Wildman–Crippen LogP) is 2.91. The van der Waals surface area contributed by atoms with E-state index in [2.05, 4.69) is 0 Å². The van der Waals surface area contributed by atoms with Gasteiger partial charge < -0.3 is 9.30 Å². The molecule has 0 fully saturated rings. The van der Waals surface area contributed by atoms with Crippen molar-refractivity contribution >= 4 is 27.5 Å². The van der Waals surface area contributed by atoms with Crippen LogP contribution in [0, 0.1) is 0 Å². The third kappa shape index (κ3) is 4.91. The van der Waals surface area contributed by atoms with Crippen LogP contribution in [0.3, 0.4) is 0 Å². The van der Waals surface area contributed by atoms with Crippen molar-refractivity contribution in [2.45, 2.75) is 0 Å². The van der Waals surface area contributed by atoms with Crippen LogP contribution in [0.5, 0.6) is 0 Å². The Morgan fingerprint density at radius 1 is 0.931 bits per heavy atom. The first-order valence-electron chi connectivity index (χ1n) is 8.73. The van der Waals surface area contributed by atoms with E-state index in [1.165, 1.54) is 31.3 Å². The molecule has 0 amide bonds. The number of hydrogen-bond acceptors (Lipinski definition) is 5. The van der Waals surface area contributed by atoms with Gasteiger partial charge in [0, 0.05) is 30.7 Å². The largest absolute Gasteiger partial charge is 0.454 e. The van der Waals surface area contributed by atoms with Crippen LogP contribution in [0.1, 0.15) is 20.7 Å². The predicted molar refractivity (Wildman–Crippen MR) is 110 cm³/mol. The number of rotatable bonds is 7. The molecule has 0 aliphatic rings. The molecule has 0 unspecified atom stereocenters. The van der Waals surface area contributed by atoms with Crippen LogP contribution in [0.15, 0.2) is 73.1 Å². The first-order chi connectivity index (χ1) is 13.8. The molecule has 1 heterocycles. The molecule has 0 aliphatic heterocycles. The molecule has 29 heavy (non-hydrogen) atoms. The summed E-state index contributed by atoms with van der Waals surface area (Å²) in [5.74, 6) is -0.971. The fraction of sp³-hybridized carbons (Fsp3) is 0.143. The molecule has 8 heteroatoms. The molecular weight excluding hydrogens is 392 g/mol. The minimum atomic E-state index is -3.38. The highest BCUT2D eigenvalue weighted by Gasteiger charge is 2.15. The number of esters is 1. The summed E-state index contributed by atoms with van der Waals surface area (Å²) in [6.45, 7) is -0.403. The fourth-order valence-electron chi connectivity index (χ4n) is 2.62. The van der Waals surface area contributed by atoms with Crippen molar-refractivity contribution in [2.75, 3.05) is 24.2 Å². The van der Waals surface area contributed by atoms with Crippen molar-refractivity contribution in [1.82, 2.24) is 4.57 Å². The van der Waals surface area contributed by atoms with Gasteiger partial charge in [0.05, 0.1) is 17.5 Å². The molecular formula is C21H20N2O5S. The molecule has 0 N–H and O–H groups in total. The van der Waals surface area contributed by atoms with Gasteiger partial charge in [-0.15, -0.1) is 0 Å². The zero-order valence-electron chi connectivity index (χ0n) is 16.0. The van der Waals surface area contributed by atoms with E-state index in [0.29, 0.717) is 16.8 Å². The number of nitrogens with zero attached hydrogens (tertiary/aromatic N) is 2. The molecule has 3 rings (SSSR count). The lowest BCUT2D eigenvalue weighted by molar-refractivity contribution is 0.0475. The second-order valence-corrected chi connectivity index (χ2v) is 8.43. The lowest BCUT2D eigenvalue weighted by Gasteiger charge is -2.16. The van der Waals surface area contributed by atoms with Crippen molar-refractivity contribution in [1.29, 1.82) is 0 Å². The van der Waals surface area contributed by atoms with Gasteiger partial charge in [-0.05, 0) is 60.7 Å². The topological polar surface area (TPSA) is 85.7 Å². The lowest BCUT2D eigenvalue weighted by Crippen LogP contribution is -2.24. The molecule has 0 aliphatic carbocycles. The van der Waals surface area contributed by atoms with E-state index in [1.54, 1.807) is 24.3 Å². The van der Waals surface area contributed by atoms with Crippen molar-refractivity contribution in [3.63, 3.8) is 0 Å². The average molecular weight is 412 g/mol. The number of ether oxygens (including phenoxy) is 1. The highest BCUT2D eigenvalue weighted by Crippen LogP contribution is 2.17. The zero-order chi connectivity index (χ0) is 21.0. The van der Waals surface area contributed by atoms with Gasteiger partial charge in [-0.2, -0.15) is 0 Å². The molecule has 2 aromatic carbocycles. The number of Topliss-reactive ketones (excluding diaryl/α,β-unsaturated/α-hetero) is 1. The molecule has 0 atom stereocenters. The third-order valence-corrected chi connectivity index (χ3v) is 5.60. The second-order valence-electron chi connectivity index (χ2n) is 6.41. The van der Waals surface area contributed by atoms with E-state index in [-0.39, 0.29) is 5.78 Å². The molecule has 0 spiro atoms. The van der Waals surface area contributed by atoms with Crippen LogP contribution < -0.4 is 4.31 Å². The Hall–Kier alpha value is -3.39. The van der Waals surface area contributed by atoms with Crippen LogP contribution in [-0.2, 0) is 14.8 Å². The molecule has 150 valence electrons. The third-order valence-electron chi connectivity index (χ3n) is 4.39. The first kappa shape index (κ1) is 20.3. The van der Waals surface area contributed by atoms with Gasteiger partial charge in [-0.3, -0.25) is 9.10 Å². The SMILES string of the molecule is CN(c1ccc(C(=O)COC(=O)c2ccc(-n3cccc3)cc2)cc1)S(C)(=O)=O. The normalized spacial score (nSPS) is 11.1. The monoisotopic (exact) mass is 412 g/mol. The molecule has 0 bridgehead atoms. The molecule has 0 saturated carbocycles. The van der Waals surface area contributed by atoms with Crippen LogP contribution in [-0.4, -0.2) is 44.6 Å². The maximum atomic E-state index is 12.3. The van der Waals surface area contributed by atoms with Gasteiger partial charge in [-0.1, -0.05) is 0 Å². The number of carbonyl (C=O) groups is 2. The fourth-order valence-corrected chi connectivity index (χ4v) is 3.13. The summed E-state index contributed by atoms with van der Waals surface area (Å²) in [5, 5.41) is 0. The van der Waals surface area contributed by atoms with E-state index < -0.39 is 22.6 Å². The molecule has 1 aromatic heterocycles. The summed E-state index contributed by atoms with van der Waals surface area (Å²) in [7, 11) is -1.95. The summed E-state index contributed by atoms with van der Waals surface area (Å²) >= 11 is 0. The van der Waals surface area contributed by atoms with Crippen LogP contribution >= 0.6 is 0 Å². The Morgan fingerprint density at radius 3 is 2.03 bits per heavy atom. The van der Waals surface area contributed by atoms with E-state index >= 15 is 0 Å². The summed E-state index contributed by atoms with van der Waals surface area (Å²) in [6.07, 6.45) is 4.88. The van der Waals surface area contributed by atoms with Crippen molar-refractivity contribution in [2.24, 2.45) is 0 Å². The number of anilines is 1. The van der Waals surface area contributed by atoms with E-state index in [4.69, 9.17) is 4.74 Å². The molecule has 0 radical (unpaired) electrons. The van der Waals surface area contributed by atoms with Gasteiger partial charge in [0.25, 0.3) is 0 Å². The number of aromatic nitrogens is 1. The van der Waals surface area contributed by atoms with Crippen LogP contribution in [0.2, 0.25) is 0 Å². The number of benzene rings is 2. The second kappa shape index (κ2) is 8.32. The zero-order valence-corrected chi connectivity index (χ0v) is 16.8. The number of ketones is 1. The molecule has 3 aromatic rings. The minimum Gasteiger partial charge on any atom is -0.454 e. The number of sulfonamides is 1. The maximum Gasteiger partial charge on any atom is 0.338 e. The van der Waals surface area contributed by atoms with Crippen molar-refractivity contribution in [3.05, 3.63) is 84.2 Å². The maximum absolute atomic E-state index is 12.3. The molecule has 7 nitrogen and oxygen atoms in total. The van der Waals surface area contributed by atoms with Gasteiger partial charge >= 0.3 is 5.97 Å².